The van der Waals surface area contributed by atoms with E-state index in [1.165, 1.54) is 0 Å². The zero-order valence-corrected chi connectivity index (χ0v) is 16.8. The summed E-state index contributed by atoms with van der Waals surface area (Å²) in [5, 5.41) is 2.72. The summed E-state index contributed by atoms with van der Waals surface area (Å²) in [6.45, 7) is 6.27. The van der Waals surface area contributed by atoms with E-state index < -0.39 is 0 Å². The van der Waals surface area contributed by atoms with Gasteiger partial charge in [-0.3, -0.25) is 19.4 Å². The first-order valence-corrected chi connectivity index (χ1v) is 10.1. The highest BCUT2D eigenvalue weighted by molar-refractivity contribution is 5.85. The lowest BCUT2D eigenvalue weighted by atomic mass is 9.73. The van der Waals surface area contributed by atoms with Crippen LogP contribution in [-0.4, -0.2) is 58.7 Å². The maximum absolute atomic E-state index is 12.6. The van der Waals surface area contributed by atoms with Crippen molar-refractivity contribution in [2.45, 2.75) is 46.1 Å². The number of pyridine rings is 1. The molecule has 28 heavy (non-hydrogen) atoms. The minimum absolute atomic E-state index is 0.0382. The van der Waals surface area contributed by atoms with Gasteiger partial charge in [-0.25, -0.2) is 0 Å². The maximum atomic E-state index is 12.6. The van der Waals surface area contributed by atoms with Gasteiger partial charge in [-0.15, -0.1) is 0 Å². The summed E-state index contributed by atoms with van der Waals surface area (Å²) in [5.41, 5.74) is 0.972. The summed E-state index contributed by atoms with van der Waals surface area (Å²) in [7, 11) is 0. The Hall–Kier alpha value is -2.44. The average Bonchev–Trinajstić information content (AvgIpc) is 2.69. The number of hydrogen-bond acceptors (Lipinski definition) is 4. The molecule has 0 aliphatic carbocycles. The molecule has 7 heteroatoms. The number of carbonyl (C=O) groups excluding carboxylic acids is 3. The number of nitrogens with one attached hydrogen (secondary N) is 1. The van der Waals surface area contributed by atoms with Crippen LogP contribution >= 0.6 is 0 Å². The molecule has 0 aromatic carbocycles. The summed E-state index contributed by atoms with van der Waals surface area (Å²) in [5.74, 6) is -0.109. The summed E-state index contributed by atoms with van der Waals surface area (Å²) in [6.07, 6.45) is 6.81. The Morgan fingerprint density at radius 3 is 2.82 bits per heavy atom. The Morgan fingerprint density at radius 1 is 1.29 bits per heavy atom. The Morgan fingerprint density at radius 2 is 2.11 bits per heavy atom. The number of hydrogen-bond donors (Lipinski definition) is 1. The van der Waals surface area contributed by atoms with Crippen LogP contribution < -0.4 is 5.32 Å². The van der Waals surface area contributed by atoms with Crippen LogP contribution in [0.3, 0.4) is 0 Å². The molecule has 3 heterocycles. The van der Waals surface area contributed by atoms with Gasteiger partial charge in [0, 0.05) is 56.3 Å². The van der Waals surface area contributed by atoms with Crippen molar-refractivity contribution >= 4 is 17.7 Å². The molecular weight excluding hydrogens is 356 g/mol. The van der Waals surface area contributed by atoms with E-state index in [1.807, 2.05) is 35.8 Å². The zero-order chi connectivity index (χ0) is 20.1. The van der Waals surface area contributed by atoms with Crippen LogP contribution in [-0.2, 0) is 20.9 Å². The molecule has 1 aromatic heterocycles. The van der Waals surface area contributed by atoms with E-state index in [0.717, 1.165) is 24.8 Å². The number of likely N-dealkylation sites (tertiary alicyclic amines) is 2. The summed E-state index contributed by atoms with van der Waals surface area (Å²) in [4.78, 5) is 44.7. The standard InChI is InChI=1S/C21H30N4O3/c1-16(2)20(28)23-12-19(27)24-10-4-7-21(14-24)8-6-18(26)25(15-21)13-17-5-3-9-22-11-17/h3,5,9,11,16H,4,6-8,10,12-15H2,1-2H3,(H,23,28)/t21-/m0/s1. The van der Waals surface area contributed by atoms with E-state index in [-0.39, 0.29) is 35.6 Å². The van der Waals surface area contributed by atoms with Gasteiger partial charge >= 0.3 is 0 Å². The van der Waals surface area contributed by atoms with E-state index in [1.54, 1.807) is 12.4 Å². The highest BCUT2D eigenvalue weighted by Crippen LogP contribution is 2.39. The van der Waals surface area contributed by atoms with Crippen LogP contribution in [0.15, 0.2) is 24.5 Å². The Balaban J connectivity index is 1.62. The van der Waals surface area contributed by atoms with E-state index in [2.05, 4.69) is 10.3 Å². The van der Waals surface area contributed by atoms with Crippen LogP contribution in [0.25, 0.3) is 0 Å². The highest BCUT2D eigenvalue weighted by atomic mass is 16.2. The third-order valence-electron chi connectivity index (χ3n) is 5.80. The van der Waals surface area contributed by atoms with Gasteiger partial charge in [0.05, 0.1) is 6.54 Å². The van der Waals surface area contributed by atoms with E-state index in [0.29, 0.717) is 32.6 Å². The fourth-order valence-corrected chi connectivity index (χ4v) is 4.19. The van der Waals surface area contributed by atoms with Gasteiger partial charge in [0.15, 0.2) is 0 Å². The molecule has 1 aromatic rings. The van der Waals surface area contributed by atoms with Crippen LogP contribution in [0.5, 0.6) is 0 Å². The molecule has 1 spiro atoms. The van der Waals surface area contributed by atoms with Crippen molar-refractivity contribution < 1.29 is 14.4 Å². The van der Waals surface area contributed by atoms with Gasteiger partial charge in [0.25, 0.3) is 0 Å². The quantitative estimate of drug-likeness (QED) is 0.833. The molecule has 3 rings (SSSR count). The fraction of sp³-hybridized carbons (Fsp3) is 0.619. The van der Waals surface area contributed by atoms with Crippen LogP contribution in [0, 0.1) is 11.3 Å². The van der Waals surface area contributed by atoms with Gasteiger partial charge in [-0.1, -0.05) is 19.9 Å². The lowest BCUT2D eigenvalue weighted by molar-refractivity contribution is -0.144. The molecule has 2 fully saturated rings. The lowest BCUT2D eigenvalue weighted by Gasteiger charge is -2.48. The van der Waals surface area contributed by atoms with E-state index in [9.17, 15) is 14.4 Å². The third-order valence-corrected chi connectivity index (χ3v) is 5.80. The average molecular weight is 386 g/mol. The van der Waals surface area contributed by atoms with Gasteiger partial charge < -0.3 is 15.1 Å². The molecule has 3 amide bonds. The molecule has 1 atom stereocenters. The van der Waals surface area contributed by atoms with Gasteiger partial charge in [0.1, 0.15) is 0 Å². The number of carbonyl (C=O) groups is 3. The Bertz CT molecular complexity index is 722. The maximum Gasteiger partial charge on any atom is 0.241 e. The number of piperidine rings is 2. The molecular formula is C21H30N4O3. The topological polar surface area (TPSA) is 82.6 Å². The molecule has 0 bridgehead atoms. The molecule has 7 nitrogen and oxygen atoms in total. The monoisotopic (exact) mass is 386 g/mol. The summed E-state index contributed by atoms with van der Waals surface area (Å²) < 4.78 is 0. The molecule has 0 saturated carbocycles. The lowest BCUT2D eigenvalue weighted by Crippen LogP contribution is -2.56. The molecule has 2 saturated heterocycles. The first kappa shape index (κ1) is 20.3. The highest BCUT2D eigenvalue weighted by Gasteiger charge is 2.42. The van der Waals surface area contributed by atoms with Gasteiger partial charge in [-0.2, -0.15) is 0 Å². The second kappa shape index (κ2) is 8.71. The van der Waals surface area contributed by atoms with Crippen molar-refractivity contribution in [2.75, 3.05) is 26.2 Å². The van der Waals surface area contributed by atoms with Crippen LogP contribution in [0.1, 0.15) is 45.1 Å². The van der Waals surface area contributed by atoms with Gasteiger partial charge in [0.2, 0.25) is 17.7 Å². The van der Waals surface area contributed by atoms with Crippen LogP contribution in [0.2, 0.25) is 0 Å². The summed E-state index contributed by atoms with van der Waals surface area (Å²) >= 11 is 0. The minimum atomic E-state index is -0.133. The smallest absolute Gasteiger partial charge is 0.241 e. The first-order valence-electron chi connectivity index (χ1n) is 10.1. The molecule has 152 valence electrons. The Labute approximate surface area is 166 Å². The first-order chi connectivity index (χ1) is 13.4. The normalized spacial score (nSPS) is 22.6. The SMILES string of the molecule is CC(C)C(=O)NCC(=O)N1CCC[C@]2(CCC(=O)N(Cc3cccnc3)C2)C1. The van der Waals surface area contributed by atoms with Crippen LogP contribution in [0.4, 0.5) is 0 Å². The third kappa shape index (κ3) is 4.88. The van der Waals surface area contributed by atoms with Crippen molar-refractivity contribution in [1.82, 2.24) is 20.1 Å². The molecule has 0 radical (unpaired) electrons. The van der Waals surface area contributed by atoms with Crippen molar-refractivity contribution in [3.8, 4) is 0 Å². The number of amides is 3. The number of nitrogens with zero attached hydrogens (tertiary/aromatic N) is 3. The second-order valence-corrected chi connectivity index (χ2v) is 8.40. The van der Waals surface area contributed by atoms with Crippen molar-refractivity contribution in [2.24, 2.45) is 11.3 Å². The number of rotatable bonds is 5. The summed E-state index contributed by atoms with van der Waals surface area (Å²) in [6, 6.07) is 3.86. The zero-order valence-electron chi connectivity index (χ0n) is 16.8. The number of aromatic nitrogens is 1. The van der Waals surface area contributed by atoms with Gasteiger partial charge in [-0.05, 0) is 30.9 Å². The molecule has 1 N–H and O–H groups in total. The minimum Gasteiger partial charge on any atom is -0.347 e. The molecule has 0 unspecified atom stereocenters. The van der Waals surface area contributed by atoms with E-state index >= 15 is 0 Å². The van der Waals surface area contributed by atoms with Crippen molar-refractivity contribution in [1.29, 1.82) is 0 Å². The Kier molecular flexibility index (Phi) is 6.31. The van der Waals surface area contributed by atoms with E-state index in [4.69, 9.17) is 0 Å². The van der Waals surface area contributed by atoms with Crippen molar-refractivity contribution in [3.05, 3.63) is 30.1 Å². The predicted octanol–water partition coefficient (Wildman–Crippen LogP) is 1.58. The largest absolute Gasteiger partial charge is 0.347 e. The molecule has 2 aliphatic heterocycles. The molecule has 2 aliphatic rings. The predicted molar refractivity (Wildman–Crippen MR) is 105 cm³/mol. The van der Waals surface area contributed by atoms with Crippen molar-refractivity contribution in [3.63, 3.8) is 0 Å². The second-order valence-electron chi connectivity index (χ2n) is 8.40. The fourth-order valence-electron chi connectivity index (χ4n) is 4.19.